The zero-order valence-corrected chi connectivity index (χ0v) is 13.4. The summed E-state index contributed by atoms with van der Waals surface area (Å²) in [4.78, 5) is 0. The molecule has 1 aromatic rings. The first-order valence-corrected chi connectivity index (χ1v) is 8.81. The van der Waals surface area contributed by atoms with Crippen LogP contribution in [0.2, 0.25) is 0 Å². The Kier molecular flexibility index (Phi) is 5.18. The van der Waals surface area contributed by atoms with Gasteiger partial charge >= 0.3 is 0 Å². The summed E-state index contributed by atoms with van der Waals surface area (Å²) in [6.45, 7) is 4.12. The van der Waals surface area contributed by atoms with E-state index in [1.807, 2.05) is 0 Å². The second kappa shape index (κ2) is 7.31. The highest BCUT2D eigenvalue weighted by atomic mass is 16.5. The molecule has 0 saturated heterocycles. The van der Waals surface area contributed by atoms with Crippen molar-refractivity contribution in [3.8, 4) is 5.75 Å². The van der Waals surface area contributed by atoms with Crippen LogP contribution < -0.4 is 10.1 Å². The molecule has 116 valence electrons. The Hall–Kier alpha value is -1.02. The Morgan fingerprint density at radius 1 is 1.05 bits per heavy atom. The summed E-state index contributed by atoms with van der Waals surface area (Å²) in [5.74, 6) is 1.87. The van der Waals surface area contributed by atoms with Crippen LogP contribution in [0.15, 0.2) is 18.2 Å². The van der Waals surface area contributed by atoms with Crippen LogP contribution >= 0.6 is 0 Å². The van der Waals surface area contributed by atoms with Crippen LogP contribution in [0, 0.1) is 5.92 Å². The molecule has 3 rings (SSSR count). The lowest BCUT2D eigenvalue weighted by molar-refractivity contribution is 0.251. The minimum absolute atomic E-state index is 0.700. The molecule has 0 aliphatic heterocycles. The maximum Gasteiger partial charge on any atom is 0.119 e. The predicted molar refractivity (Wildman–Crippen MR) is 88.0 cm³/mol. The maximum atomic E-state index is 5.94. The summed E-state index contributed by atoms with van der Waals surface area (Å²) in [5.41, 5.74) is 3.04. The Morgan fingerprint density at radius 2 is 1.86 bits per heavy atom. The number of ether oxygens (including phenoxy) is 1. The van der Waals surface area contributed by atoms with Crippen molar-refractivity contribution < 1.29 is 4.74 Å². The lowest BCUT2D eigenvalue weighted by Crippen LogP contribution is -2.39. The van der Waals surface area contributed by atoms with Gasteiger partial charge < -0.3 is 10.1 Å². The van der Waals surface area contributed by atoms with Gasteiger partial charge in [-0.3, -0.25) is 0 Å². The topological polar surface area (TPSA) is 21.3 Å². The highest BCUT2D eigenvalue weighted by molar-refractivity contribution is 5.37. The first kappa shape index (κ1) is 14.9. The van der Waals surface area contributed by atoms with Crippen molar-refractivity contribution in [2.45, 2.75) is 64.3 Å². The molecule has 0 amide bonds. The summed E-state index contributed by atoms with van der Waals surface area (Å²) in [6, 6.07) is 7.37. The fourth-order valence-electron chi connectivity index (χ4n) is 3.83. The molecule has 2 heteroatoms. The highest BCUT2D eigenvalue weighted by Crippen LogP contribution is 2.25. The number of hydrogen-bond acceptors (Lipinski definition) is 2. The monoisotopic (exact) mass is 287 g/mol. The van der Waals surface area contributed by atoms with Crippen LogP contribution in [0.4, 0.5) is 0 Å². The molecule has 0 radical (unpaired) electrons. The molecular weight excluding hydrogens is 258 g/mol. The molecule has 0 aromatic heterocycles. The normalized spacial score (nSPS) is 25.4. The zero-order chi connectivity index (χ0) is 14.5. The summed E-state index contributed by atoms with van der Waals surface area (Å²) < 4.78 is 5.94. The van der Waals surface area contributed by atoms with E-state index in [1.54, 1.807) is 0 Å². The summed E-state index contributed by atoms with van der Waals surface area (Å²) >= 11 is 0. The summed E-state index contributed by atoms with van der Waals surface area (Å²) in [7, 11) is 0. The summed E-state index contributed by atoms with van der Waals surface area (Å²) in [6.07, 6.45) is 10.7. The Labute approximate surface area is 129 Å². The van der Waals surface area contributed by atoms with Gasteiger partial charge in [-0.2, -0.15) is 0 Å². The molecule has 1 fully saturated rings. The molecule has 0 spiro atoms. The third kappa shape index (κ3) is 4.00. The number of hydrogen-bond donors (Lipinski definition) is 1. The van der Waals surface area contributed by atoms with E-state index in [-0.39, 0.29) is 0 Å². The number of benzene rings is 1. The lowest BCUT2D eigenvalue weighted by atomic mass is 9.86. The molecular formula is C19H29NO. The van der Waals surface area contributed by atoms with E-state index in [2.05, 4.69) is 30.4 Å². The number of aryl methyl sites for hydroxylation is 2. The standard InChI is InChI=1S/C19H29NO/c1-15-6-2-5-9-19(15)20-12-13-21-18-11-10-16-7-3-4-8-17(16)14-18/h10-11,14-15,19-20H,2-9,12-13H2,1H3. The van der Waals surface area contributed by atoms with Crippen LogP contribution in [-0.2, 0) is 12.8 Å². The van der Waals surface area contributed by atoms with E-state index < -0.39 is 0 Å². The average Bonchev–Trinajstić information content (AvgIpc) is 2.53. The zero-order valence-electron chi connectivity index (χ0n) is 13.4. The van der Waals surface area contributed by atoms with Crippen molar-refractivity contribution in [2.24, 2.45) is 5.92 Å². The molecule has 1 N–H and O–H groups in total. The van der Waals surface area contributed by atoms with E-state index in [0.717, 1.165) is 24.8 Å². The Balaban J connectivity index is 1.43. The molecule has 2 atom stereocenters. The molecule has 2 unspecified atom stereocenters. The molecule has 2 aliphatic carbocycles. The minimum Gasteiger partial charge on any atom is -0.492 e. The smallest absolute Gasteiger partial charge is 0.119 e. The van der Waals surface area contributed by atoms with Crippen molar-refractivity contribution >= 4 is 0 Å². The molecule has 0 bridgehead atoms. The van der Waals surface area contributed by atoms with Crippen LogP contribution in [-0.4, -0.2) is 19.2 Å². The van der Waals surface area contributed by atoms with E-state index >= 15 is 0 Å². The van der Waals surface area contributed by atoms with Crippen LogP contribution in [0.5, 0.6) is 5.75 Å². The van der Waals surface area contributed by atoms with Gasteiger partial charge in [0.05, 0.1) is 0 Å². The molecule has 21 heavy (non-hydrogen) atoms. The van der Waals surface area contributed by atoms with Gasteiger partial charge in [0.1, 0.15) is 12.4 Å². The lowest BCUT2D eigenvalue weighted by Gasteiger charge is -2.29. The fourth-order valence-corrected chi connectivity index (χ4v) is 3.83. The van der Waals surface area contributed by atoms with E-state index in [4.69, 9.17) is 4.74 Å². The van der Waals surface area contributed by atoms with E-state index in [1.165, 1.54) is 62.5 Å². The first-order valence-electron chi connectivity index (χ1n) is 8.81. The van der Waals surface area contributed by atoms with Gasteiger partial charge in [-0.25, -0.2) is 0 Å². The van der Waals surface area contributed by atoms with Gasteiger partial charge in [-0.15, -0.1) is 0 Å². The SMILES string of the molecule is CC1CCCCC1NCCOc1ccc2c(c1)CCCC2. The Morgan fingerprint density at radius 3 is 2.71 bits per heavy atom. The first-order chi connectivity index (χ1) is 10.3. The van der Waals surface area contributed by atoms with E-state index in [0.29, 0.717) is 6.04 Å². The quantitative estimate of drug-likeness (QED) is 0.823. The van der Waals surface area contributed by atoms with Crippen molar-refractivity contribution in [1.82, 2.24) is 5.32 Å². The number of rotatable bonds is 5. The van der Waals surface area contributed by atoms with Gasteiger partial charge in [-0.1, -0.05) is 25.8 Å². The van der Waals surface area contributed by atoms with Crippen LogP contribution in [0.25, 0.3) is 0 Å². The van der Waals surface area contributed by atoms with E-state index in [9.17, 15) is 0 Å². The Bertz CT molecular complexity index is 457. The fraction of sp³-hybridized carbons (Fsp3) is 0.684. The minimum atomic E-state index is 0.700. The second-order valence-electron chi connectivity index (χ2n) is 6.81. The second-order valence-corrected chi connectivity index (χ2v) is 6.81. The third-order valence-corrected chi connectivity index (χ3v) is 5.21. The average molecular weight is 287 g/mol. The predicted octanol–water partition coefficient (Wildman–Crippen LogP) is 4.11. The molecule has 2 aliphatic rings. The van der Waals surface area contributed by atoms with Crippen molar-refractivity contribution in [3.63, 3.8) is 0 Å². The maximum absolute atomic E-state index is 5.94. The van der Waals surface area contributed by atoms with Crippen molar-refractivity contribution in [2.75, 3.05) is 13.2 Å². The van der Waals surface area contributed by atoms with Crippen molar-refractivity contribution in [1.29, 1.82) is 0 Å². The van der Waals surface area contributed by atoms with Gasteiger partial charge in [0.25, 0.3) is 0 Å². The summed E-state index contributed by atoms with van der Waals surface area (Å²) in [5, 5.41) is 3.68. The van der Waals surface area contributed by atoms with Gasteiger partial charge in [0.2, 0.25) is 0 Å². The highest BCUT2D eigenvalue weighted by Gasteiger charge is 2.20. The molecule has 0 heterocycles. The van der Waals surface area contributed by atoms with Gasteiger partial charge in [-0.05, 0) is 67.7 Å². The molecule has 1 saturated carbocycles. The van der Waals surface area contributed by atoms with Crippen LogP contribution in [0.1, 0.15) is 56.6 Å². The van der Waals surface area contributed by atoms with Crippen LogP contribution in [0.3, 0.4) is 0 Å². The molecule has 2 nitrogen and oxygen atoms in total. The largest absolute Gasteiger partial charge is 0.492 e. The third-order valence-electron chi connectivity index (χ3n) is 5.21. The van der Waals surface area contributed by atoms with Gasteiger partial charge in [0, 0.05) is 12.6 Å². The number of fused-ring (bicyclic) bond motifs is 1. The molecule has 1 aromatic carbocycles. The van der Waals surface area contributed by atoms with Gasteiger partial charge in [0.15, 0.2) is 0 Å². The van der Waals surface area contributed by atoms with Crippen molar-refractivity contribution in [3.05, 3.63) is 29.3 Å². The number of nitrogens with one attached hydrogen (secondary N) is 1.